The van der Waals surface area contributed by atoms with Crippen molar-refractivity contribution in [2.45, 2.75) is 32.9 Å². The average molecular weight is 694 g/mol. The number of nitrogens with one attached hydrogen (secondary N) is 1. The molecule has 0 spiro atoms. The van der Waals surface area contributed by atoms with E-state index in [0.29, 0.717) is 13.0 Å². The normalized spacial score (nSPS) is 15.5. The van der Waals surface area contributed by atoms with E-state index in [4.69, 9.17) is 108 Å². The van der Waals surface area contributed by atoms with Crippen LogP contribution in [0.4, 0.5) is 9.59 Å². The fraction of sp³-hybridized carbons (Fsp3) is 0.364. The van der Waals surface area contributed by atoms with Crippen molar-refractivity contribution in [1.29, 1.82) is 0 Å². The van der Waals surface area contributed by atoms with E-state index in [1.165, 1.54) is 0 Å². The molecule has 1 amide bonds. The molecule has 212 valence electrons. The Hall–Kier alpha value is -0.780. The van der Waals surface area contributed by atoms with E-state index in [0.717, 1.165) is 27.6 Å². The van der Waals surface area contributed by atoms with Crippen LogP contribution in [0.15, 0.2) is 48.5 Å². The maximum atomic E-state index is 10.7. The lowest BCUT2D eigenvalue weighted by Gasteiger charge is -2.15. The number of rotatable bonds is 5. The molecular weight excluding hydrogens is 672 g/mol. The number of amides is 1. The minimum atomic E-state index is -2.24. The predicted molar refractivity (Wildman–Crippen MR) is 152 cm³/mol. The molecule has 1 aliphatic heterocycles. The van der Waals surface area contributed by atoms with Crippen LogP contribution in [0, 0.1) is 0 Å². The number of cyclic esters (lactones) is 1. The standard InChI is InChI=1S/C10H10ClNO2.C9H12ClNO.C3Cl6O3/c11-8-3-1-7(2-4-8)5-9-6-14-10(13)12-9;10-8-3-1-7(2-4-8)5-9(11)6-12;4-2(5,6)11-1(10)12-3(7,8)9/h1-4,9H,5-6H2,(H,12,13);1-4,9,12H,5-6,11H2;. The second-order valence-electron chi connectivity index (χ2n) is 7.39. The zero-order chi connectivity index (χ0) is 28.9. The highest BCUT2D eigenvalue weighted by Crippen LogP contribution is 2.32. The van der Waals surface area contributed by atoms with E-state index in [1.807, 2.05) is 48.5 Å². The van der Waals surface area contributed by atoms with Gasteiger partial charge in [-0.1, -0.05) is 47.5 Å². The summed E-state index contributed by atoms with van der Waals surface area (Å²) in [5.41, 5.74) is 7.80. The summed E-state index contributed by atoms with van der Waals surface area (Å²) in [6.07, 6.45) is -0.268. The Morgan fingerprint density at radius 1 is 0.947 bits per heavy atom. The quantitative estimate of drug-likeness (QED) is 0.228. The minimum absolute atomic E-state index is 0.0165. The van der Waals surface area contributed by atoms with Crippen LogP contribution in [-0.4, -0.2) is 50.6 Å². The van der Waals surface area contributed by atoms with Gasteiger partial charge in [-0.3, -0.25) is 0 Å². The fourth-order valence-electron chi connectivity index (χ4n) is 2.64. The summed E-state index contributed by atoms with van der Waals surface area (Å²) >= 11 is 41.7. The second kappa shape index (κ2) is 17.1. The van der Waals surface area contributed by atoms with Gasteiger partial charge in [0, 0.05) is 16.1 Å². The van der Waals surface area contributed by atoms with Crippen LogP contribution in [0.3, 0.4) is 0 Å². The number of alkyl halides is 6. The number of benzene rings is 2. The van der Waals surface area contributed by atoms with E-state index >= 15 is 0 Å². The van der Waals surface area contributed by atoms with Crippen molar-refractivity contribution in [1.82, 2.24) is 5.32 Å². The summed E-state index contributed by atoms with van der Waals surface area (Å²) in [5, 5.41) is 12.9. The first-order valence-corrected chi connectivity index (χ1v) is 13.4. The molecule has 1 saturated heterocycles. The number of hydrogen-bond acceptors (Lipinski definition) is 7. The average Bonchev–Trinajstić information content (AvgIpc) is 3.19. The molecule has 1 aliphatic rings. The molecule has 0 bridgehead atoms. The van der Waals surface area contributed by atoms with Gasteiger partial charge in [0.1, 0.15) is 6.61 Å². The summed E-state index contributed by atoms with van der Waals surface area (Å²) < 4.78 is 8.29. The molecule has 2 atom stereocenters. The number of alkyl carbamates (subject to hydrolysis) is 1. The van der Waals surface area contributed by atoms with Crippen molar-refractivity contribution >= 4 is 105 Å². The van der Waals surface area contributed by atoms with Gasteiger partial charge in [0.15, 0.2) is 0 Å². The largest absolute Gasteiger partial charge is 0.515 e. The number of carbonyl (C=O) groups excluding carboxylic acids is 2. The van der Waals surface area contributed by atoms with Crippen LogP contribution in [0.25, 0.3) is 0 Å². The minimum Gasteiger partial charge on any atom is -0.447 e. The third-order valence-corrected chi connectivity index (χ3v) is 5.14. The molecule has 16 heteroatoms. The molecule has 0 aromatic heterocycles. The molecule has 3 rings (SSSR count). The van der Waals surface area contributed by atoms with Crippen molar-refractivity contribution in [2.24, 2.45) is 5.73 Å². The van der Waals surface area contributed by atoms with Crippen molar-refractivity contribution in [3.05, 3.63) is 69.7 Å². The van der Waals surface area contributed by atoms with Crippen LogP contribution >= 0.6 is 92.8 Å². The third kappa shape index (κ3) is 17.7. The zero-order valence-corrected chi connectivity index (χ0v) is 25.2. The van der Waals surface area contributed by atoms with Gasteiger partial charge in [-0.2, -0.15) is 0 Å². The van der Waals surface area contributed by atoms with E-state index < -0.39 is 14.1 Å². The summed E-state index contributed by atoms with van der Waals surface area (Å²) in [7, 11) is 0. The number of hydrogen-bond donors (Lipinski definition) is 3. The van der Waals surface area contributed by atoms with Crippen LogP contribution in [0.5, 0.6) is 0 Å². The molecule has 0 aliphatic carbocycles. The van der Waals surface area contributed by atoms with Crippen molar-refractivity contribution in [2.75, 3.05) is 13.2 Å². The molecule has 38 heavy (non-hydrogen) atoms. The highest BCUT2D eigenvalue weighted by molar-refractivity contribution is 6.67. The Bertz CT molecular complexity index is 983. The molecular formula is C22H22Cl8N2O6. The Balaban J connectivity index is 0.000000287. The lowest BCUT2D eigenvalue weighted by Crippen LogP contribution is -2.28. The molecule has 8 nitrogen and oxygen atoms in total. The molecule has 1 fully saturated rings. The van der Waals surface area contributed by atoms with Gasteiger partial charge in [-0.15, -0.1) is 0 Å². The number of aliphatic hydroxyl groups excluding tert-OH is 1. The molecule has 0 radical (unpaired) electrons. The first-order chi connectivity index (χ1) is 17.6. The topological polar surface area (TPSA) is 120 Å². The maximum Gasteiger partial charge on any atom is 0.515 e. The maximum absolute atomic E-state index is 10.7. The molecule has 2 aromatic rings. The van der Waals surface area contributed by atoms with Gasteiger partial charge in [-0.25, -0.2) is 9.59 Å². The number of carbonyl (C=O) groups is 2. The molecule has 0 saturated carbocycles. The number of aliphatic hydroxyl groups is 1. The monoisotopic (exact) mass is 690 g/mol. The smallest absolute Gasteiger partial charge is 0.447 e. The van der Waals surface area contributed by atoms with Gasteiger partial charge >= 0.3 is 20.2 Å². The summed E-state index contributed by atoms with van der Waals surface area (Å²) in [4.78, 5) is 21.3. The van der Waals surface area contributed by atoms with Gasteiger partial charge < -0.3 is 30.4 Å². The highest BCUT2D eigenvalue weighted by Gasteiger charge is 2.32. The van der Waals surface area contributed by atoms with Crippen LogP contribution in [0.1, 0.15) is 11.1 Å². The Morgan fingerprint density at radius 3 is 1.76 bits per heavy atom. The van der Waals surface area contributed by atoms with Gasteiger partial charge in [0.2, 0.25) is 0 Å². The molecule has 2 aromatic carbocycles. The van der Waals surface area contributed by atoms with E-state index in [2.05, 4.69) is 14.8 Å². The fourth-order valence-corrected chi connectivity index (χ4v) is 3.27. The first kappa shape index (κ1) is 35.2. The van der Waals surface area contributed by atoms with E-state index in [1.54, 1.807) is 0 Å². The van der Waals surface area contributed by atoms with E-state index in [-0.39, 0.29) is 24.8 Å². The summed E-state index contributed by atoms with van der Waals surface area (Å²) in [5.74, 6) is 0. The Morgan fingerprint density at radius 2 is 1.39 bits per heavy atom. The van der Waals surface area contributed by atoms with Crippen LogP contribution in [-0.2, 0) is 27.1 Å². The number of ether oxygens (including phenoxy) is 3. The van der Waals surface area contributed by atoms with Gasteiger partial charge in [0.05, 0.1) is 12.6 Å². The second-order valence-corrected chi connectivity index (χ2v) is 12.6. The summed E-state index contributed by atoms with van der Waals surface area (Å²) in [6, 6.07) is 15.0. The Labute approximate surface area is 259 Å². The number of nitrogens with two attached hydrogens (primary N) is 1. The number of halogens is 8. The van der Waals surface area contributed by atoms with Crippen molar-refractivity contribution in [3.8, 4) is 0 Å². The van der Waals surface area contributed by atoms with Crippen molar-refractivity contribution < 1.29 is 28.9 Å². The lowest BCUT2D eigenvalue weighted by molar-refractivity contribution is 0.0508. The zero-order valence-electron chi connectivity index (χ0n) is 19.2. The van der Waals surface area contributed by atoms with Crippen LogP contribution < -0.4 is 11.1 Å². The van der Waals surface area contributed by atoms with Gasteiger partial charge in [-0.05, 0) is 118 Å². The van der Waals surface area contributed by atoms with E-state index in [9.17, 15) is 9.59 Å². The third-order valence-electron chi connectivity index (χ3n) is 4.18. The predicted octanol–water partition coefficient (Wildman–Crippen LogP) is 6.99. The summed E-state index contributed by atoms with van der Waals surface area (Å²) in [6.45, 7) is 0.462. The van der Waals surface area contributed by atoms with Crippen molar-refractivity contribution in [3.63, 3.8) is 0 Å². The molecule has 4 N–H and O–H groups in total. The molecule has 1 heterocycles. The van der Waals surface area contributed by atoms with Gasteiger partial charge in [0.25, 0.3) is 0 Å². The first-order valence-electron chi connectivity index (χ1n) is 10.4. The van der Waals surface area contributed by atoms with Crippen LogP contribution in [0.2, 0.25) is 10.0 Å². The lowest BCUT2D eigenvalue weighted by atomic mass is 10.1. The molecule has 2 unspecified atom stereocenters. The SMILES string of the molecule is NC(CO)Cc1ccc(Cl)cc1.O=C(OC(Cl)(Cl)Cl)OC(Cl)(Cl)Cl.O=C1NC(Cc2ccc(Cl)cc2)CO1. The highest BCUT2D eigenvalue weighted by atomic mass is 35.6. The Kier molecular flexibility index (Phi) is 15.9.